The van der Waals surface area contributed by atoms with Gasteiger partial charge in [-0.1, -0.05) is 24.3 Å². The number of aromatic nitrogens is 2. The predicted octanol–water partition coefficient (Wildman–Crippen LogP) is 3.42. The van der Waals surface area contributed by atoms with E-state index in [-0.39, 0.29) is 5.57 Å². The Balaban J connectivity index is 2.19. The highest BCUT2D eigenvalue weighted by Gasteiger charge is 2.13. The van der Waals surface area contributed by atoms with Crippen molar-refractivity contribution >= 4 is 44.4 Å². The first-order valence-corrected chi connectivity index (χ1v) is 8.27. The number of hydrogen-bond acceptors (Lipinski definition) is 6. The summed E-state index contributed by atoms with van der Waals surface area (Å²) in [7, 11) is 1.57. The minimum atomic E-state index is -0.516. The molecule has 0 atom stereocenters. The number of carbonyl (C=O) groups excluding carboxylic acids is 1. The van der Waals surface area contributed by atoms with Gasteiger partial charge in [-0.05, 0) is 46.1 Å². The molecular weight excluding hydrogens is 380 g/mol. The van der Waals surface area contributed by atoms with E-state index in [9.17, 15) is 10.1 Å². The fourth-order valence-corrected chi connectivity index (χ4v) is 2.93. The van der Waals surface area contributed by atoms with Crippen LogP contribution in [0.25, 0.3) is 6.08 Å². The highest BCUT2D eigenvalue weighted by atomic mass is 79.9. The Labute approximate surface area is 145 Å². The maximum Gasteiger partial charge on any atom is 0.268 e. The number of nitriles is 1. The van der Waals surface area contributed by atoms with Gasteiger partial charge in [-0.25, -0.2) is 0 Å². The van der Waals surface area contributed by atoms with Gasteiger partial charge in [0.1, 0.15) is 22.4 Å². The quantitative estimate of drug-likeness (QED) is 0.621. The van der Waals surface area contributed by atoms with Crippen molar-refractivity contribution in [3.63, 3.8) is 0 Å². The van der Waals surface area contributed by atoms with Gasteiger partial charge in [-0.15, -0.1) is 10.2 Å². The molecule has 0 radical (unpaired) electrons. The van der Waals surface area contributed by atoms with Gasteiger partial charge in [0.25, 0.3) is 5.91 Å². The second-order valence-electron chi connectivity index (χ2n) is 4.37. The van der Waals surface area contributed by atoms with Crippen molar-refractivity contribution in [2.45, 2.75) is 13.3 Å². The van der Waals surface area contributed by atoms with Crippen LogP contribution in [0.5, 0.6) is 5.75 Å². The lowest BCUT2D eigenvalue weighted by Crippen LogP contribution is -2.13. The average Bonchev–Trinajstić information content (AvgIpc) is 3.00. The van der Waals surface area contributed by atoms with Crippen molar-refractivity contribution in [2.75, 3.05) is 12.4 Å². The molecule has 1 amide bonds. The molecular formula is C15H13BrN4O2S. The Bertz CT molecular complexity index is 795. The van der Waals surface area contributed by atoms with E-state index >= 15 is 0 Å². The minimum Gasteiger partial charge on any atom is -0.496 e. The summed E-state index contributed by atoms with van der Waals surface area (Å²) in [5.74, 6) is 0.157. The molecule has 0 aliphatic carbocycles. The van der Waals surface area contributed by atoms with Gasteiger partial charge in [0.2, 0.25) is 5.13 Å². The SMILES string of the molecule is CCc1nnc(NC(=O)C(C#N)=Cc2ccc(OC)c(Br)c2)s1. The van der Waals surface area contributed by atoms with Crippen LogP contribution in [0.1, 0.15) is 17.5 Å². The predicted molar refractivity (Wildman–Crippen MR) is 92.2 cm³/mol. The van der Waals surface area contributed by atoms with Crippen LogP contribution in [-0.2, 0) is 11.2 Å². The molecule has 0 spiro atoms. The lowest BCUT2D eigenvalue weighted by Gasteiger charge is -2.04. The summed E-state index contributed by atoms with van der Waals surface area (Å²) in [4.78, 5) is 12.2. The third-order valence-electron chi connectivity index (χ3n) is 2.84. The van der Waals surface area contributed by atoms with Crippen LogP contribution in [0.4, 0.5) is 5.13 Å². The number of amides is 1. The number of aryl methyl sites for hydroxylation is 1. The number of anilines is 1. The molecule has 0 fully saturated rings. The van der Waals surface area contributed by atoms with E-state index in [0.29, 0.717) is 16.4 Å². The second kappa shape index (κ2) is 7.85. The van der Waals surface area contributed by atoms with E-state index in [1.54, 1.807) is 25.3 Å². The van der Waals surface area contributed by atoms with E-state index in [2.05, 4.69) is 31.4 Å². The number of methoxy groups -OCH3 is 1. The molecule has 6 nitrogen and oxygen atoms in total. The molecule has 23 heavy (non-hydrogen) atoms. The third-order valence-corrected chi connectivity index (χ3v) is 4.44. The molecule has 1 aromatic carbocycles. The second-order valence-corrected chi connectivity index (χ2v) is 6.29. The van der Waals surface area contributed by atoms with Crippen LogP contribution in [-0.4, -0.2) is 23.2 Å². The average molecular weight is 393 g/mol. The van der Waals surface area contributed by atoms with Crippen LogP contribution in [0.2, 0.25) is 0 Å². The van der Waals surface area contributed by atoms with Crippen LogP contribution in [0.3, 0.4) is 0 Å². The van der Waals surface area contributed by atoms with Gasteiger partial charge in [0.15, 0.2) is 0 Å². The van der Waals surface area contributed by atoms with Crippen molar-refractivity contribution in [1.29, 1.82) is 5.26 Å². The van der Waals surface area contributed by atoms with E-state index in [1.807, 2.05) is 13.0 Å². The molecule has 1 aromatic heterocycles. The zero-order valence-corrected chi connectivity index (χ0v) is 14.9. The van der Waals surface area contributed by atoms with Crippen LogP contribution in [0.15, 0.2) is 28.2 Å². The van der Waals surface area contributed by atoms with Gasteiger partial charge in [0.05, 0.1) is 11.6 Å². The van der Waals surface area contributed by atoms with Crippen molar-refractivity contribution in [3.8, 4) is 11.8 Å². The Kier molecular flexibility index (Phi) is 5.84. The van der Waals surface area contributed by atoms with Crippen LogP contribution >= 0.6 is 27.3 Å². The highest BCUT2D eigenvalue weighted by Crippen LogP contribution is 2.26. The zero-order chi connectivity index (χ0) is 16.8. The molecule has 2 rings (SSSR count). The summed E-state index contributed by atoms with van der Waals surface area (Å²) in [6.07, 6.45) is 2.25. The molecule has 1 N–H and O–H groups in total. The van der Waals surface area contributed by atoms with E-state index in [0.717, 1.165) is 15.9 Å². The topological polar surface area (TPSA) is 87.9 Å². The molecule has 1 heterocycles. The number of nitrogens with one attached hydrogen (secondary N) is 1. The Morgan fingerprint density at radius 2 is 2.30 bits per heavy atom. The van der Waals surface area contributed by atoms with Gasteiger partial charge in [-0.3, -0.25) is 10.1 Å². The smallest absolute Gasteiger partial charge is 0.268 e. The van der Waals surface area contributed by atoms with E-state index in [4.69, 9.17) is 4.74 Å². The monoisotopic (exact) mass is 392 g/mol. The number of carbonyl (C=O) groups is 1. The van der Waals surface area contributed by atoms with Crippen molar-refractivity contribution < 1.29 is 9.53 Å². The minimum absolute atomic E-state index is 0.0182. The Hall–Kier alpha value is -2.24. The van der Waals surface area contributed by atoms with Gasteiger partial charge < -0.3 is 4.74 Å². The molecule has 0 unspecified atom stereocenters. The first-order chi connectivity index (χ1) is 11.1. The third kappa shape index (κ3) is 4.37. The number of rotatable bonds is 5. The molecule has 0 bridgehead atoms. The summed E-state index contributed by atoms with van der Waals surface area (Å²) in [5.41, 5.74) is 0.686. The summed E-state index contributed by atoms with van der Waals surface area (Å²) >= 11 is 4.65. The number of hydrogen-bond donors (Lipinski definition) is 1. The summed E-state index contributed by atoms with van der Waals surface area (Å²) < 4.78 is 5.88. The first-order valence-electron chi connectivity index (χ1n) is 6.66. The molecule has 0 saturated heterocycles. The molecule has 8 heteroatoms. The van der Waals surface area contributed by atoms with Crippen molar-refractivity contribution in [2.24, 2.45) is 0 Å². The highest BCUT2D eigenvalue weighted by molar-refractivity contribution is 9.10. The summed E-state index contributed by atoms with van der Waals surface area (Å²) in [6, 6.07) is 7.18. The van der Waals surface area contributed by atoms with Crippen LogP contribution in [0, 0.1) is 11.3 Å². The maximum atomic E-state index is 12.2. The normalized spacial score (nSPS) is 11.0. The number of benzene rings is 1. The van der Waals surface area contributed by atoms with Crippen LogP contribution < -0.4 is 10.1 Å². The fraction of sp³-hybridized carbons (Fsp3) is 0.200. The lowest BCUT2D eigenvalue weighted by atomic mass is 10.1. The molecule has 0 aliphatic heterocycles. The molecule has 0 saturated carbocycles. The Morgan fingerprint density at radius 3 is 2.87 bits per heavy atom. The standard InChI is InChI=1S/C15H13BrN4O2S/c1-3-13-19-20-15(23-13)18-14(21)10(8-17)6-9-4-5-12(22-2)11(16)7-9/h4-7H,3H2,1-2H3,(H,18,20,21). The van der Waals surface area contributed by atoms with Crippen molar-refractivity contribution in [1.82, 2.24) is 10.2 Å². The number of nitrogens with zero attached hydrogens (tertiary/aromatic N) is 3. The van der Waals surface area contributed by atoms with E-state index in [1.165, 1.54) is 17.4 Å². The maximum absolute atomic E-state index is 12.2. The van der Waals surface area contributed by atoms with Crippen molar-refractivity contribution in [3.05, 3.63) is 38.8 Å². The van der Waals surface area contributed by atoms with Gasteiger partial charge in [-0.2, -0.15) is 5.26 Å². The molecule has 118 valence electrons. The summed E-state index contributed by atoms with van der Waals surface area (Å²) in [5, 5.41) is 20.8. The first kappa shape index (κ1) is 17.1. The largest absolute Gasteiger partial charge is 0.496 e. The summed E-state index contributed by atoms with van der Waals surface area (Å²) in [6.45, 7) is 1.95. The zero-order valence-electron chi connectivity index (χ0n) is 12.5. The van der Waals surface area contributed by atoms with E-state index < -0.39 is 5.91 Å². The Morgan fingerprint density at radius 1 is 1.52 bits per heavy atom. The van der Waals surface area contributed by atoms with Gasteiger partial charge in [0, 0.05) is 0 Å². The fourth-order valence-electron chi connectivity index (χ4n) is 1.70. The lowest BCUT2D eigenvalue weighted by molar-refractivity contribution is -0.112. The molecule has 2 aromatic rings. The number of ether oxygens (including phenoxy) is 1. The van der Waals surface area contributed by atoms with Gasteiger partial charge >= 0.3 is 0 Å². The number of halogens is 1. The molecule has 0 aliphatic rings.